The second-order valence-corrected chi connectivity index (χ2v) is 11.4. The maximum Gasteiger partial charge on any atom is 0.269 e. The molecular weight excluding hydrogens is 520 g/mol. The van der Waals surface area contributed by atoms with Crippen LogP contribution in [0.5, 0.6) is 0 Å². The largest absolute Gasteiger partial charge is 0.351 e. The number of sulfonamides is 1. The number of non-ortho nitro benzene ring substituents is 1. The SMILES string of the molecule is Cc1nc2cnccc2n1Cc1ccc(S(=O)(=O)N[C@@H](CC(C)C)C(=O)NCc2ccc([N+](=O)[O-])cc2)cc1. The summed E-state index contributed by atoms with van der Waals surface area (Å²) in [6.45, 7) is 6.33. The van der Waals surface area contributed by atoms with Crippen LogP contribution in [-0.4, -0.2) is 39.8 Å². The van der Waals surface area contributed by atoms with E-state index in [0.29, 0.717) is 18.5 Å². The average molecular weight is 551 g/mol. The van der Waals surface area contributed by atoms with E-state index in [1.54, 1.807) is 36.7 Å². The lowest BCUT2D eigenvalue weighted by Gasteiger charge is -2.20. The second kappa shape index (κ2) is 11.7. The van der Waals surface area contributed by atoms with E-state index >= 15 is 0 Å². The number of benzene rings is 2. The Morgan fingerprint density at radius 2 is 1.72 bits per heavy atom. The Bertz CT molecular complexity index is 1580. The predicted molar refractivity (Wildman–Crippen MR) is 146 cm³/mol. The number of nitro benzene ring substituents is 1. The first-order valence-electron chi connectivity index (χ1n) is 12.4. The number of carbonyl (C=O) groups excluding carboxylic acids is 1. The summed E-state index contributed by atoms with van der Waals surface area (Å²) in [7, 11) is -3.98. The highest BCUT2D eigenvalue weighted by Gasteiger charge is 2.26. The highest BCUT2D eigenvalue weighted by Crippen LogP contribution is 2.19. The molecular formula is C27H30N6O5S. The van der Waals surface area contributed by atoms with Crippen molar-refractivity contribution in [3.05, 3.63) is 94.1 Å². The molecule has 0 fully saturated rings. The maximum atomic E-state index is 13.2. The first-order chi connectivity index (χ1) is 18.5. The number of nitro groups is 1. The molecule has 0 radical (unpaired) electrons. The average Bonchev–Trinajstić information content (AvgIpc) is 3.21. The molecule has 1 atom stereocenters. The van der Waals surface area contributed by atoms with Gasteiger partial charge in [-0.15, -0.1) is 0 Å². The number of hydrogen-bond acceptors (Lipinski definition) is 7. The zero-order valence-corrected chi connectivity index (χ0v) is 22.7. The van der Waals surface area contributed by atoms with E-state index in [0.717, 1.165) is 22.4 Å². The summed E-state index contributed by atoms with van der Waals surface area (Å²) >= 11 is 0. The summed E-state index contributed by atoms with van der Waals surface area (Å²) in [6.07, 6.45) is 3.71. The van der Waals surface area contributed by atoms with Gasteiger partial charge in [0.05, 0.1) is 21.5 Å². The van der Waals surface area contributed by atoms with Crippen LogP contribution in [0.1, 0.15) is 37.2 Å². The van der Waals surface area contributed by atoms with Gasteiger partial charge in [-0.2, -0.15) is 4.72 Å². The van der Waals surface area contributed by atoms with Crippen molar-refractivity contribution in [3.63, 3.8) is 0 Å². The molecule has 4 aromatic rings. The van der Waals surface area contributed by atoms with Crippen LogP contribution < -0.4 is 10.0 Å². The van der Waals surface area contributed by atoms with Crippen molar-refractivity contribution in [2.75, 3.05) is 0 Å². The molecule has 0 aliphatic rings. The van der Waals surface area contributed by atoms with Crippen molar-refractivity contribution >= 4 is 32.7 Å². The second-order valence-electron chi connectivity index (χ2n) is 9.70. The minimum absolute atomic E-state index is 0.0487. The number of pyridine rings is 1. The monoisotopic (exact) mass is 550 g/mol. The summed E-state index contributed by atoms with van der Waals surface area (Å²) in [6, 6.07) is 13.2. The lowest BCUT2D eigenvalue weighted by atomic mass is 10.0. The van der Waals surface area contributed by atoms with Crippen LogP contribution in [0.15, 0.2) is 71.9 Å². The molecule has 2 N–H and O–H groups in total. The number of nitrogens with zero attached hydrogens (tertiary/aromatic N) is 4. The highest BCUT2D eigenvalue weighted by atomic mass is 32.2. The molecule has 12 heteroatoms. The fourth-order valence-electron chi connectivity index (χ4n) is 4.24. The number of amides is 1. The molecule has 2 aromatic carbocycles. The zero-order chi connectivity index (χ0) is 28.2. The summed E-state index contributed by atoms with van der Waals surface area (Å²) in [5.41, 5.74) is 3.24. The molecule has 0 saturated carbocycles. The van der Waals surface area contributed by atoms with Gasteiger partial charge in [0.25, 0.3) is 5.69 Å². The van der Waals surface area contributed by atoms with Crippen molar-refractivity contribution in [2.24, 2.45) is 5.92 Å². The number of hydrogen-bond donors (Lipinski definition) is 2. The molecule has 11 nitrogen and oxygen atoms in total. The van der Waals surface area contributed by atoms with Crippen LogP contribution in [0.2, 0.25) is 0 Å². The normalized spacial score (nSPS) is 12.5. The van der Waals surface area contributed by atoms with Crippen LogP contribution >= 0.6 is 0 Å². The third-order valence-corrected chi connectivity index (χ3v) is 7.74. The van der Waals surface area contributed by atoms with Gasteiger partial charge in [0.15, 0.2) is 0 Å². The van der Waals surface area contributed by atoms with Crippen molar-refractivity contribution in [1.82, 2.24) is 24.6 Å². The van der Waals surface area contributed by atoms with Crippen LogP contribution in [0, 0.1) is 23.0 Å². The molecule has 204 valence electrons. The van der Waals surface area contributed by atoms with Crippen LogP contribution in [0.3, 0.4) is 0 Å². The lowest BCUT2D eigenvalue weighted by molar-refractivity contribution is -0.384. The molecule has 4 rings (SSSR count). The first kappa shape index (κ1) is 27.9. The molecule has 0 saturated heterocycles. The summed E-state index contributed by atoms with van der Waals surface area (Å²) in [4.78, 5) is 32.0. The molecule has 0 aliphatic carbocycles. The smallest absolute Gasteiger partial charge is 0.269 e. The van der Waals surface area contributed by atoms with E-state index in [2.05, 4.69) is 20.0 Å². The van der Waals surface area contributed by atoms with Gasteiger partial charge in [-0.1, -0.05) is 38.1 Å². The molecule has 0 bridgehead atoms. The van der Waals surface area contributed by atoms with Gasteiger partial charge in [-0.25, -0.2) is 13.4 Å². The third-order valence-electron chi connectivity index (χ3n) is 6.25. The molecule has 2 heterocycles. The standard InChI is InChI=1S/C27H30N6O5S/c1-18(2)14-24(27(34)29-15-20-4-8-22(9-5-20)33(35)36)31-39(37,38)23-10-6-21(7-11-23)17-32-19(3)30-25-16-28-13-12-26(25)32/h4-13,16,18,24,31H,14-15,17H2,1-3H3,(H,29,34)/t24-/m0/s1. The van der Waals surface area contributed by atoms with Gasteiger partial charge >= 0.3 is 0 Å². The number of aryl methyl sites for hydroxylation is 1. The lowest BCUT2D eigenvalue weighted by Crippen LogP contribution is -2.47. The number of nitrogens with one attached hydrogen (secondary N) is 2. The maximum absolute atomic E-state index is 13.2. The number of fused-ring (bicyclic) bond motifs is 1. The summed E-state index contributed by atoms with van der Waals surface area (Å²) in [5, 5.41) is 13.6. The number of imidazole rings is 1. The van der Waals surface area contributed by atoms with E-state index in [9.17, 15) is 23.3 Å². The Balaban J connectivity index is 1.44. The van der Waals surface area contributed by atoms with E-state index in [4.69, 9.17) is 0 Å². The Hall–Kier alpha value is -4.16. The van der Waals surface area contributed by atoms with Gasteiger partial charge in [0.1, 0.15) is 17.4 Å². The Labute approximate surface area is 226 Å². The predicted octanol–water partition coefficient (Wildman–Crippen LogP) is 3.71. The molecule has 0 unspecified atom stereocenters. The summed E-state index contributed by atoms with van der Waals surface area (Å²) < 4.78 is 31.0. The van der Waals surface area contributed by atoms with Crippen molar-refractivity contribution in [1.29, 1.82) is 0 Å². The molecule has 39 heavy (non-hydrogen) atoms. The quantitative estimate of drug-likeness (QED) is 0.214. The van der Waals surface area contributed by atoms with Crippen molar-refractivity contribution in [2.45, 2.75) is 51.2 Å². The van der Waals surface area contributed by atoms with Crippen LogP contribution in [0.4, 0.5) is 5.69 Å². The van der Waals surface area contributed by atoms with Gasteiger partial charge < -0.3 is 9.88 Å². The first-order valence-corrected chi connectivity index (χ1v) is 13.9. The number of carbonyl (C=O) groups is 1. The fourth-order valence-corrected chi connectivity index (χ4v) is 5.45. The number of rotatable bonds is 11. The Kier molecular flexibility index (Phi) is 8.36. The molecule has 0 spiro atoms. The van der Waals surface area contributed by atoms with Gasteiger partial charge in [-0.05, 0) is 48.6 Å². The summed E-state index contributed by atoms with van der Waals surface area (Å²) in [5.74, 6) is 0.403. The molecule has 2 aromatic heterocycles. The van der Waals surface area contributed by atoms with Crippen LogP contribution in [-0.2, 0) is 27.9 Å². The minimum atomic E-state index is -3.98. The van der Waals surface area contributed by atoms with Crippen molar-refractivity contribution in [3.8, 4) is 0 Å². The fraction of sp³-hybridized carbons (Fsp3) is 0.296. The van der Waals surface area contributed by atoms with E-state index in [-0.39, 0.29) is 23.0 Å². The zero-order valence-electron chi connectivity index (χ0n) is 21.9. The van der Waals surface area contributed by atoms with E-state index in [1.807, 2.05) is 31.4 Å². The van der Waals surface area contributed by atoms with Crippen LogP contribution in [0.25, 0.3) is 11.0 Å². The Morgan fingerprint density at radius 1 is 1.05 bits per heavy atom. The van der Waals surface area contributed by atoms with Gasteiger partial charge in [-0.3, -0.25) is 19.9 Å². The third kappa shape index (κ3) is 6.84. The molecule has 0 aliphatic heterocycles. The van der Waals surface area contributed by atoms with Crippen molar-refractivity contribution < 1.29 is 18.1 Å². The Morgan fingerprint density at radius 3 is 2.36 bits per heavy atom. The number of aromatic nitrogens is 3. The van der Waals surface area contributed by atoms with E-state index < -0.39 is 26.9 Å². The van der Waals surface area contributed by atoms with E-state index in [1.165, 1.54) is 24.3 Å². The topological polar surface area (TPSA) is 149 Å². The van der Waals surface area contributed by atoms with Gasteiger partial charge in [0.2, 0.25) is 15.9 Å². The molecule has 1 amide bonds. The minimum Gasteiger partial charge on any atom is -0.351 e. The van der Waals surface area contributed by atoms with Gasteiger partial charge in [0, 0.05) is 31.4 Å². The highest BCUT2D eigenvalue weighted by molar-refractivity contribution is 7.89.